The maximum atomic E-state index is 12.6. The lowest BCUT2D eigenvalue weighted by atomic mass is 9.92. The summed E-state index contributed by atoms with van der Waals surface area (Å²) in [5, 5.41) is 3.08. The van der Waals surface area contributed by atoms with E-state index in [2.05, 4.69) is 24.1 Å². The molecule has 2 saturated heterocycles. The fraction of sp³-hybridized carbons (Fsp3) is 0.688. The van der Waals surface area contributed by atoms with Crippen LogP contribution in [0.2, 0.25) is 0 Å². The SMILES string of the molecule is CC(C)[C@@H](NC(=O)N1CCC2(CC1)COC(=O)O2)c1nccn1C. The van der Waals surface area contributed by atoms with Crippen LogP contribution in [-0.2, 0) is 16.5 Å². The van der Waals surface area contributed by atoms with Gasteiger partial charge in [-0.15, -0.1) is 0 Å². The van der Waals surface area contributed by atoms with Gasteiger partial charge in [0.2, 0.25) is 0 Å². The monoisotopic (exact) mass is 336 g/mol. The Morgan fingerprint density at radius 1 is 1.38 bits per heavy atom. The molecular formula is C16H24N4O4. The Balaban J connectivity index is 1.61. The summed E-state index contributed by atoms with van der Waals surface area (Å²) in [7, 11) is 1.92. The highest BCUT2D eigenvalue weighted by Gasteiger charge is 2.45. The van der Waals surface area contributed by atoms with Gasteiger partial charge in [-0.2, -0.15) is 0 Å². The average Bonchev–Trinajstić information content (AvgIpc) is 3.11. The molecular weight excluding hydrogens is 312 g/mol. The number of carbonyl (C=O) groups excluding carboxylic acids is 2. The topological polar surface area (TPSA) is 85.7 Å². The van der Waals surface area contributed by atoms with E-state index >= 15 is 0 Å². The molecule has 0 saturated carbocycles. The van der Waals surface area contributed by atoms with Crippen molar-refractivity contribution in [2.75, 3.05) is 19.7 Å². The molecule has 0 unspecified atom stereocenters. The van der Waals surface area contributed by atoms with Crippen LogP contribution in [0.25, 0.3) is 0 Å². The number of imidazole rings is 1. The zero-order valence-electron chi connectivity index (χ0n) is 14.3. The fourth-order valence-corrected chi connectivity index (χ4v) is 3.22. The fourth-order valence-electron chi connectivity index (χ4n) is 3.22. The van der Waals surface area contributed by atoms with Crippen LogP contribution >= 0.6 is 0 Å². The van der Waals surface area contributed by atoms with E-state index in [0.29, 0.717) is 25.9 Å². The number of aryl methyl sites for hydroxylation is 1. The minimum Gasteiger partial charge on any atom is -0.430 e. The van der Waals surface area contributed by atoms with E-state index < -0.39 is 11.8 Å². The van der Waals surface area contributed by atoms with Gasteiger partial charge in [-0.25, -0.2) is 14.6 Å². The molecule has 2 aliphatic heterocycles. The Hall–Kier alpha value is -2.25. The first-order valence-corrected chi connectivity index (χ1v) is 8.29. The number of rotatable bonds is 3. The number of cyclic esters (lactones) is 1. The third-order valence-corrected chi connectivity index (χ3v) is 4.80. The van der Waals surface area contributed by atoms with Gasteiger partial charge >= 0.3 is 12.2 Å². The van der Waals surface area contributed by atoms with Crippen LogP contribution in [0.15, 0.2) is 12.4 Å². The van der Waals surface area contributed by atoms with Crippen molar-refractivity contribution in [3.05, 3.63) is 18.2 Å². The number of carbonyl (C=O) groups is 2. The summed E-state index contributed by atoms with van der Waals surface area (Å²) in [5.74, 6) is 1.06. The van der Waals surface area contributed by atoms with Crippen LogP contribution in [0, 0.1) is 5.92 Å². The summed E-state index contributed by atoms with van der Waals surface area (Å²) >= 11 is 0. The molecule has 0 aromatic carbocycles. The van der Waals surface area contributed by atoms with E-state index in [0.717, 1.165) is 5.82 Å². The number of likely N-dealkylation sites (tertiary alicyclic amines) is 1. The Morgan fingerprint density at radius 3 is 2.58 bits per heavy atom. The van der Waals surface area contributed by atoms with Crippen molar-refractivity contribution >= 4 is 12.2 Å². The number of aromatic nitrogens is 2. The number of ether oxygens (including phenoxy) is 2. The quantitative estimate of drug-likeness (QED) is 0.851. The summed E-state index contributed by atoms with van der Waals surface area (Å²) in [5.41, 5.74) is -0.551. The van der Waals surface area contributed by atoms with E-state index in [1.54, 1.807) is 11.1 Å². The maximum Gasteiger partial charge on any atom is 0.509 e. The molecule has 8 nitrogen and oxygen atoms in total. The van der Waals surface area contributed by atoms with Gasteiger partial charge in [-0.3, -0.25) is 0 Å². The van der Waals surface area contributed by atoms with Gasteiger partial charge in [0.1, 0.15) is 12.4 Å². The van der Waals surface area contributed by atoms with Gasteiger partial charge in [0, 0.05) is 45.4 Å². The number of hydrogen-bond donors (Lipinski definition) is 1. The first kappa shape index (κ1) is 16.6. The van der Waals surface area contributed by atoms with Crippen molar-refractivity contribution in [3.8, 4) is 0 Å². The van der Waals surface area contributed by atoms with Gasteiger partial charge in [0.15, 0.2) is 5.60 Å². The predicted molar refractivity (Wildman–Crippen MR) is 85.3 cm³/mol. The maximum absolute atomic E-state index is 12.6. The highest BCUT2D eigenvalue weighted by Crippen LogP contribution is 2.32. The third kappa shape index (κ3) is 3.18. The van der Waals surface area contributed by atoms with Gasteiger partial charge in [-0.1, -0.05) is 13.8 Å². The highest BCUT2D eigenvalue weighted by atomic mass is 16.8. The molecule has 1 aromatic heterocycles. The standard InChI is InChI=1S/C16H24N4O4/c1-11(2)12(13-17-6-9-19(13)3)18-14(21)20-7-4-16(5-8-20)10-23-15(22)24-16/h6,9,11-12H,4-5,7-8,10H2,1-3H3,(H,18,21)/t12-/m1/s1. The lowest BCUT2D eigenvalue weighted by Gasteiger charge is -2.37. The van der Waals surface area contributed by atoms with E-state index in [1.807, 2.05) is 17.8 Å². The number of hydrogen-bond acceptors (Lipinski definition) is 5. The van der Waals surface area contributed by atoms with Crippen molar-refractivity contribution in [1.82, 2.24) is 19.8 Å². The molecule has 24 heavy (non-hydrogen) atoms. The highest BCUT2D eigenvalue weighted by molar-refractivity contribution is 5.75. The third-order valence-electron chi connectivity index (χ3n) is 4.80. The lowest BCUT2D eigenvalue weighted by Crippen LogP contribution is -2.51. The Morgan fingerprint density at radius 2 is 2.08 bits per heavy atom. The minimum absolute atomic E-state index is 0.114. The average molecular weight is 336 g/mol. The second-order valence-corrected chi connectivity index (χ2v) is 6.88. The number of nitrogens with zero attached hydrogens (tertiary/aromatic N) is 3. The van der Waals surface area contributed by atoms with Gasteiger partial charge in [0.25, 0.3) is 0 Å². The smallest absolute Gasteiger partial charge is 0.430 e. The van der Waals surface area contributed by atoms with Gasteiger partial charge < -0.3 is 24.3 Å². The molecule has 1 atom stereocenters. The molecule has 2 aliphatic rings. The molecule has 2 fully saturated rings. The molecule has 0 bridgehead atoms. The van der Waals surface area contributed by atoms with E-state index in [4.69, 9.17) is 9.47 Å². The minimum atomic E-state index is -0.609. The predicted octanol–water partition coefficient (Wildman–Crippen LogP) is 1.83. The molecule has 1 N–H and O–H groups in total. The van der Waals surface area contributed by atoms with Crippen LogP contribution in [0.1, 0.15) is 38.6 Å². The number of urea groups is 1. The molecule has 8 heteroatoms. The van der Waals surface area contributed by atoms with Crippen LogP contribution in [-0.4, -0.2) is 51.9 Å². The lowest BCUT2D eigenvalue weighted by molar-refractivity contribution is 0.00893. The molecule has 0 radical (unpaired) electrons. The zero-order chi connectivity index (χ0) is 17.3. The van der Waals surface area contributed by atoms with Gasteiger partial charge in [0.05, 0.1) is 6.04 Å². The second-order valence-electron chi connectivity index (χ2n) is 6.88. The molecule has 2 amide bonds. The van der Waals surface area contributed by atoms with Crippen LogP contribution in [0.5, 0.6) is 0 Å². The molecule has 0 aliphatic carbocycles. The Kier molecular flexibility index (Phi) is 4.38. The number of piperidine rings is 1. The first-order valence-electron chi connectivity index (χ1n) is 8.29. The van der Waals surface area contributed by atoms with E-state index in [9.17, 15) is 9.59 Å². The molecule has 3 rings (SSSR count). The summed E-state index contributed by atoms with van der Waals surface area (Å²) < 4.78 is 12.1. The second kappa shape index (κ2) is 6.33. The number of amides is 2. The van der Waals surface area contributed by atoms with Crippen LogP contribution in [0.4, 0.5) is 9.59 Å². The molecule has 3 heterocycles. The van der Waals surface area contributed by atoms with Crippen molar-refractivity contribution in [3.63, 3.8) is 0 Å². The van der Waals surface area contributed by atoms with Crippen molar-refractivity contribution < 1.29 is 19.1 Å². The largest absolute Gasteiger partial charge is 0.509 e. The van der Waals surface area contributed by atoms with E-state index in [-0.39, 0.29) is 24.6 Å². The zero-order valence-corrected chi connectivity index (χ0v) is 14.3. The Labute approximate surface area is 141 Å². The summed E-state index contributed by atoms with van der Waals surface area (Å²) in [4.78, 5) is 29.9. The Bertz CT molecular complexity index is 619. The molecule has 1 aromatic rings. The summed E-state index contributed by atoms with van der Waals surface area (Å²) in [6.07, 6.45) is 4.19. The van der Waals surface area contributed by atoms with Crippen molar-refractivity contribution in [2.45, 2.75) is 38.3 Å². The molecule has 132 valence electrons. The summed E-state index contributed by atoms with van der Waals surface area (Å²) in [6.45, 7) is 5.46. The van der Waals surface area contributed by atoms with Gasteiger partial charge in [-0.05, 0) is 5.92 Å². The van der Waals surface area contributed by atoms with Crippen molar-refractivity contribution in [2.24, 2.45) is 13.0 Å². The molecule has 1 spiro atoms. The van der Waals surface area contributed by atoms with Crippen LogP contribution in [0.3, 0.4) is 0 Å². The summed E-state index contributed by atoms with van der Waals surface area (Å²) in [6, 6.07) is -0.266. The van der Waals surface area contributed by atoms with Crippen molar-refractivity contribution in [1.29, 1.82) is 0 Å². The van der Waals surface area contributed by atoms with Crippen LogP contribution < -0.4 is 5.32 Å². The normalized spacial score (nSPS) is 20.8. The first-order chi connectivity index (χ1) is 11.4. The van der Waals surface area contributed by atoms with E-state index in [1.165, 1.54) is 0 Å². The number of nitrogens with one attached hydrogen (secondary N) is 1.